The van der Waals surface area contributed by atoms with E-state index in [0.29, 0.717) is 6.07 Å². The zero-order valence-electron chi connectivity index (χ0n) is 12.2. The molecule has 0 saturated carbocycles. The van der Waals surface area contributed by atoms with Gasteiger partial charge in [0, 0.05) is 12.1 Å². The zero-order valence-corrected chi connectivity index (χ0v) is 13.8. The predicted octanol–water partition coefficient (Wildman–Crippen LogP) is 6.30. The Balaban J connectivity index is 0.00000139. The Bertz CT molecular complexity index is 711. The molecular formula is C15H10BrF7O. The first-order valence-electron chi connectivity index (χ1n) is 6.49. The minimum Gasteiger partial charge on any atom is -0.429 e. The molecule has 0 aliphatic rings. The largest absolute Gasteiger partial charge is 0.429 e. The molecule has 9 heteroatoms. The average Bonchev–Trinajstić information content (AvgIpc) is 2.51. The van der Waals surface area contributed by atoms with E-state index >= 15 is 0 Å². The lowest BCUT2D eigenvalue weighted by molar-refractivity contribution is -0.188. The monoisotopic (exact) mass is 418 g/mol. The molecule has 132 valence electrons. The molecule has 0 amide bonds. The molecule has 2 aromatic rings. The van der Waals surface area contributed by atoms with Crippen molar-refractivity contribution in [2.45, 2.75) is 20.0 Å². The molecule has 2 rings (SSSR count). The van der Waals surface area contributed by atoms with E-state index in [9.17, 15) is 30.7 Å². The SMILES string of the molecule is CC.Fc1cc(OC(F)(F)c2ccc(Br)c(F)c2F)cc(F)c1F. The summed E-state index contributed by atoms with van der Waals surface area (Å²) >= 11 is 2.60. The van der Waals surface area contributed by atoms with Gasteiger partial charge in [0.1, 0.15) is 11.3 Å². The standard InChI is InChI=1S/C13H4BrF7O.C2H6/c14-7-2-1-6(10(17)11(7)18)13(20,21)22-5-3-8(15)12(19)9(16)4-5;1-2/h1-4H;1-2H3. The molecule has 0 heterocycles. The second kappa shape index (κ2) is 7.87. The third-order valence-corrected chi connectivity index (χ3v) is 3.16. The van der Waals surface area contributed by atoms with Crippen molar-refractivity contribution in [3.8, 4) is 5.75 Å². The highest BCUT2D eigenvalue weighted by Gasteiger charge is 2.39. The van der Waals surface area contributed by atoms with E-state index in [-0.39, 0.29) is 12.1 Å². The molecule has 0 fully saturated rings. The van der Waals surface area contributed by atoms with Crippen LogP contribution in [0, 0.1) is 29.1 Å². The van der Waals surface area contributed by atoms with Gasteiger partial charge in [0.05, 0.1) is 4.47 Å². The van der Waals surface area contributed by atoms with E-state index in [4.69, 9.17) is 0 Å². The molecule has 0 atom stereocenters. The van der Waals surface area contributed by atoms with Gasteiger partial charge >= 0.3 is 6.11 Å². The molecule has 2 aromatic carbocycles. The second-order valence-electron chi connectivity index (χ2n) is 4.04. The van der Waals surface area contributed by atoms with Crippen LogP contribution < -0.4 is 4.74 Å². The first-order valence-corrected chi connectivity index (χ1v) is 7.28. The summed E-state index contributed by atoms with van der Waals surface area (Å²) in [7, 11) is 0. The summed E-state index contributed by atoms with van der Waals surface area (Å²) in [5.74, 6) is -10.00. The fourth-order valence-electron chi connectivity index (χ4n) is 1.54. The van der Waals surface area contributed by atoms with E-state index in [1.165, 1.54) is 0 Å². The van der Waals surface area contributed by atoms with E-state index in [0.717, 1.165) is 6.07 Å². The maximum absolute atomic E-state index is 13.8. The van der Waals surface area contributed by atoms with Crippen LogP contribution >= 0.6 is 15.9 Å². The molecular weight excluding hydrogens is 409 g/mol. The highest BCUT2D eigenvalue weighted by atomic mass is 79.9. The molecule has 0 N–H and O–H groups in total. The van der Waals surface area contributed by atoms with Crippen LogP contribution in [-0.2, 0) is 6.11 Å². The predicted molar refractivity (Wildman–Crippen MR) is 76.2 cm³/mol. The summed E-state index contributed by atoms with van der Waals surface area (Å²) in [5.41, 5.74) is -1.49. The quantitative estimate of drug-likeness (QED) is 0.419. The van der Waals surface area contributed by atoms with Crippen molar-refractivity contribution >= 4 is 15.9 Å². The maximum atomic E-state index is 13.8. The van der Waals surface area contributed by atoms with Gasteiger partial charge in [-0.25, -0.2) is 22.0 Å². The van der Waals surface area contributed by atoms with Crippen molar-refractivity contribution in [3.63, 3.8) is 0 Å². The lowest BCUT2D eigenvalue weighted by atomic mass is 10.2. The van der Waals surface area contributed by atoms with Gasteiger partial charge in [-0.3, -0.25) is 0 Å². The molecule has 0 spiro atoms. The summed E-state index contributed by atoms with van der Waals surface area (Å²) in [6, 6.07) is 1.63. The Kier molecular flexibility index (Phi) is 6.65. The molecule has 0 radical (unpaired) electrons. The van der Waals surface area contributed by atoms with Crippen LogP contribution in [0.2, 0.25) is 0 Å². The number of hydrogen-bond acceptors (Lipinski definition) is 1. The highest BCUT2D eigenvalue weighted by Crippen LogP contribution is 2.36. The lowest BCUT2D eigenvalue weighted by Gasteiger charge is -2.19. The van der Waals surface area contributed by atoms with Gasteiger partial charge in [-0.2, -0.15) is 8.78 Å². The van der Waals surface area contributed by atoms with Crippen molar-refractivity contribution in [1.29, 1.82) is 0 Å². The van der Waals surface area contributed by atoms with Gasteiger partial charge in [-0.15, -0.1) is 0 Å². The summed E-state index contributed by atoms with van der Waals surface area (Å²) in [6.07, 6.45) is -4.44. The van der Waals surface area contributed by atoms with E-state index in [2.05, 4.69) is 20.7 Å². The van der Waals surface area contributed by atoms with Crippen molar-refractivity contribution < 1.29 is 35.5 Å². The molecule has 0 saturated heterocycles. The summed E-state index contributed by atoms with van der Waals surface area (Å²) in [6.45, 7) is 4.00. The minimum atomic E-state index is -4.44. The second-order valence-corrected chi connectivity index (χ2v) is 4.90. The fourth-order valence-corrected chi connectivity index (χ4v) is 1.85. The van der Waals surface area contributed by atoms with Crippen molar-refractivity contribution in [2.75, 3.05) is 0 Å². The molecule has 24 heavy (non-hydrogen) atoms. The number of halogens is 8. The molecule has 0 unspecified atom stereocenters. The number of rotatable bonds is 3. The van der Waals surface area contributed by atoms with Crippen molar-refractivity contribution in [3.05, 3.63) is 63.4 Å². The van der Waals surface area contributed by atoms with Crippen LogP contribution in [0.1, 0.15) is 19.4 Å². The fraction of sp³-hybridized carbons (Fsp3) is 0.200. The van der Waals surface area contributed by atoms with Crippen LogP contribution in [0.3, 0.4) is 0 Å². The number of ether oxygens (including phenoxy) is 1. The highest BCUT2D eigenvalue weighted by molar-refractivity contribution is 9.10. The molecule has 0 aliphatic carbocycles. The van der Waals surface area contributed by atoms with Gasteiger partial charge in [-0.1, -0.05) is 13.8 Å². The minimum absolute atomic E-state index is 0.152. The third-order valence-electron chi connectivity index (χ3n) is 2.55. The van der Waals surface area contributed by atoms with Crippen LogP contribution in [0.5, 0.6) is 5.75 Å². The summed E-state index contributed by atoms with van der Waals surface area (Å²) in [5, 5.41) is 0. The molecule has 0 bridgehead atoms. The van der Waals surface area contributed by atoms with Crippen LogP contribution in [0.15, 0.2) is 28.7 Å². The average molecular weight is 419 g/mol. The number of alkyl halides is 2. The first kappa shape index (κ1) is 20.3. The van der Waals surface area contributed by atoms with Crippen molar-refractivity contribution in [2.24, 2.45) is 0 Å². The van der Waals surface area contributed by atoms with E-state index in [1.807, 2.05) is 13.8 Å². The Morgan fingerprint density at radius 1 is 0.833 bits per heavy atom. The summed E-state index contributed by atoms with van der Waals surface area (Å²) in [4.78, 5) is 0. The Morgan fingerprint density at radius 2 is 1.33 bits per heavy atom. The topological polar surface area (TPSA) is 9.23 Å². The normalized spacial score (nSPS) is 10.9. The van der Waals surface area contributed by atoms with Gasteiger partial charge < -0.3 is 4.74 Å². The van der Waals surface area contributed by atoms with Gasteiger partial charge in [0.15, 0.2) is 29.1 Å². The van der Waals surface area contributed by atoms with Crippen LogP contribution in [0.4, 0.5) is 30.7 Å². The van der Waals surface area contributed by atoms with Gasteiger partial charge in [0.2, 0.25) is 0 Å². The third kappa shape index (κ3) is 4.19. The number of benzene rings is 2. The zero-order chi connectivity index (χ0) is 18.7. The Labute approximate surface area is 141 Å². The smallest absolute Gasteiger partial charge is 0.429 e. The van der Waals surface area contributed by atoms with Crippen LogP contribution in [0.25, 0.3) is 0 Å². The van der Waals surface area contributed by atoms with E-state index < -0.39 is 51.0 Å². The Hall–Kier alpha value is -1.77. The molecule has 0 aromatic heterocycles. The number of hydrogen-bond donors (Lipinski definition) is 0. The van der Waals surface area contributed by atoms with E-state index in [1.54, 1.807) is 0 Å². The molecule has 1 nitrogen and oxygen atoms in total. The maximum Gasteiger partial charge on any atom is 0.429 e. The van der Waals surface area contributed by atoms with Crippen molar-refractivity contribution in [1.82, 2.24) is 0 Å². The van der Waals surface area contributed by atoms with Gasteiger partial charge in [0.25, 0.3) is 0 Å². The lowest BCUT2D eigenvalue weighted by Crippen LogP contribution is -2.24. The molecule has 0 aliphatic heterocycles. The Morgan fingerprint density at radius 3 is 1.83 bits per heavy atom. The summed E-state index contributed by atoms with van der Waals surface area (Å²) < 4.78 is 96.5. The van der Waals surface area contributed by atoms with Crippen LogP contribution in [-0.4, -0.2) is 0 Å². The van der Waals surface area contributed by atoms with Gasteiger partial charge in [-0.05, 0) is 28.1 Å². The first-order chi connectivity index (χ1) is 11.1.